The zero-order valence-corrected chi connectivity index (χ0v) is 15.2. The van der Waals surface area contributed by atoms with E-state index >= 15 is 0 Å². The van der Waals surface area contributed by atoms with Crippen LogP contribution in [0, 0.1) is 0 Å². The molecule has 4 rings (SSSR count). The van der Waals surface area contributed by atoms with Crippen LogP contribution in [0.5, 0.6) is 0 Å². The van der Waals surface area contributed by atoms with Gasteiger partial charge in [-0.05, 0) is 66.2 Å². The summed E-state index contributed by atoms with van der Waals surface area (Å²) in [5.41, 5.74) is 8.94. The summed E-state index contributed by atoms with van der Waals surface area (Å²) in [6, 6.07) is 17.6. The molecule has 5 heteroatoms. The van der Waals surface area contributed by atoms with E-state index in [1.807, 2.05) is 65.7 Å². The molecule has 3 aromatic rings. The van der Waals surface area contributed by atoms with Crippen LogP contribution in [0.1, 0.15) is 23.2 Å². The molecule has 3 N–H and O–H groups in total. The molecule has 0 radical (unpaired) electrons. The molecule has 1 amide bonds. The van der Waals surface area contributed by atoms with E-state index in [1.165, 1.54) is 17.7 Å². The highest BCUT2D eigenvalue weighted by atomic mass is 32.2. The van der Waals surface area contributed by atoms with E-state index < -0.39 is 0 Å². The zero-order chi connectivity index (χ0) is 17.2. The Morgan fingerprint density at radius 1 is 1.12 bits per heavy atom. The smallest absolute Gasteiger partial charge is 0.255 e. The Bertz CT molecular complexity index is 885. The Morgan fingerprint density at radius 2 is 1.92 bits per heavy atom. The average Bonchev–Trinajstić information content (AvgIpc) is 3.26. The van der Waals surface area contributed by atoms with E-state index in [0.29, 0.717) is 16.9 Å². The van der Waals surface area contributed by atoms with Gasteiger partial charge in [-0.1, -0.05) is 12.1 Å². The minimum absolute atomic E-state index is 0.141. The number of hydrogen-bond acceptors (Lipinski definition) is 4. The summed E-state index contributed by atoms with van der Waals surface area (Å²) >= 11 is 3.55. The van der Waals surface area contributed by atoms with Crippen LogP contribution < -0.4 is 11.1 Å². The Balaban J connectivity index is 1.50. The van der Waals surface area contributed by atoms with Crippen LogP contribution in [0.4, 0.5) is 11.4 Å². The van der Waals surface area contributed by atoms with E-state index in [0.717, 1.165) is 15.7 Å². The molecule has 0 unspecified atom stereocenters. The number of nitrogen functional groups attached to an aromatic ring is 1. The molecule has 1 aromatic heterocycles. The molecule has 0 saturated heterocycles. The van der Waals surface area contributed by atoms with Gasteiger partial charge >= 0.3 is 0 Å². The summed E-state index contributed by atoms with van der Waals surface area (Å²) in [5, 5.41) is 5.73. The molecule has 1 aliphatic rings. The Labute approximate surface area is 155 Å². The molecule has 3 nitrogen and oxygen atoms in total. The highest BCUT2D eigenvalue weighted by Gasteiger charge is 2.22. The monoisotopic (exact) mass is 366 g/mol. The summed E-state index contributed by atoms with van der Waals surface area (Å²) in [5.74, 6) is -0.141. The third kappa shape index (κ3) is 3.89. The van der Waals surface area contributed by atoms with Gasteiger partial charge in [-0.15, -0.1) is 23.1 Å². The molecule has 1 aliphatic carbocycles. The van der Waals surface area contributed by atoms with Crippen LogP contribution >= 0.6 is 23.1 Å². The molecule has 0 aliphatic heterocycles. The van der Waals surface area contributed by atoms with E-state index in [9.17, 15) is 4.79 Å². The number of thioether (sulfide) groups is 1. The molecular formula is C20H18N2OS2. The number of carbonyl (C=O) groups is 1. The summed E-state index contributed by atoms with van der Waals surface area (Å²) in [7, 11) is 0. The van der Waals surface area contributed by atoms with Crippen molar-refractivity contribution < 1.29 is 4.79 Å². The number of anilines is 2. The minimum Gasteiger partial charge on any atom is -0.397 e. The number of thiophene rings is 1. The summed E-state index contributed by atoms with van der Waals surface area (Å²) in [6.07, 6.45) is 2.60. The van der Waals surface area contributed by atoms with Crippen LogP contribution in [0.2, 0.25) is 0 Å². The lowest BCUT2D eigenvalue weighted by atomic mass is 10.1. The SMILES string of the molecule is Nc1ccc(-c2cccs2)cc1NC(=O)c1ccc(SC2CC2)cc1. The molecule has 1 saturated carbocycles. The second-order valence-electron chi connectivity index (χ2n) is 6.08. The van der Waals surface area contributed by atoms with Gasteiger partial charge in [0.15, 0.2) is 0 Å². The fraction of sp³-hybridized carbons (Fsp3) is 0.150. The zero-order valence-electron chi connectivity index (χ0n) is 13.6. The summed E-state index contributed by atoms with van der Waals surface area (Å²) < 4.78 is 0. The average molecular weight is 367 g/mol. The van der Waals surface area contributed by atoms with Gasteiger partial charge in [-0.3, -0.25) is 4.79 Å². The Kier molecular flexibility index (Phi) is 4.51. The van der Waals surface area contributed by atoms with Crippen LogP contribution in [0.3, 0.4) is 0 Å². The van der Waals surface area contributed by atoms with E-state index in [4.69, 9.17) is 5.73 Å². The second kappa shape index (κ2) is 6.94. The number of benzene rings is 2. The van der Waals surface area contributed by atoms with Crippen LogP contribution in [-0.4, -0.2) is 11.2 Å². The molecule has 25 heavy (non-hydrogen) atoms. The van der Waals surface area contributed by atoms with E-state index in [-0.39, 0.29) is 5.91 Å². The predicted octanol–water partition coefficient (Wildman–Crippen LogP) is 5.50. The summed E-state index contributed by atoms with van der Waals surface area (Å²) in [6.45, 7) is 0. The van der Waals surface area contributed by atoms with Crippen LogP contribution in [0.25, 0.3) is 10.4 Å². The first-order chi connectivity index (χ1) is 12.2. The second-order valence-corrected chi connectivity index (χ2v) is 8.40. The molecule has 1 heterocycles. The maximum atomic E-state index is 12.5. The van der Waals surface area contributed by atoms with Crippen molar-refractivity contribution in [1.82, 2.24) is 0 Å². The molecule has 126 valence electrons. The lowest BCUT2D eigenvalue weighted by Gasteiger charge is -2.10. The summed E-state index contributed by atoms with van der Waals surface area (Å²) in [4.78, 5) is 14.9. The molecule has 0 atom stereocenters. The first kappa shape index (κ1) is 16.2. The van der Waals surface area contributed by atoms with Crippen molar-refractivity contribution in [1.29, 1.82) is 0 Å². The number of amides is 1. The van der Waals surface area contributed by atoms with Crippen molar-refractivity contribution in [2.24, 2.45) is 0 Å². The van der Waals surface area contributed by atoms with Crippen LogP contribution in [0.15, 0.2) is 64.9 Å². The molecule has 0 spiro atoms. The van der Waals surface area contributed by atoms with Gasteiger partial charge in [-0.2, -0.15) is 0 Å². The van der Waals surface area contributed by atoms with Gasteiger partial charge in [-0.25, -0.2) is 0 Å². The van der Waals surface area contributed by atoms with Crippen molar-refractivity contribution in [2.45, 2.75) is 23.0 Å². The molecular weight excluding hydrogens is 348 g/mol. The van der Waals surface area contributed by atoms with Crippen LogP contribution in [-0.2, 0) is 0 Å². The quantitative estimate of drug-likeness (QED) is 0.586. The Hall–Kier alpha value is -2.24. The normalized spacial score (nSPS) is 13.6. The van der Waals surface area contributed by atoms with Gasteiger partial charge in [0.25, 0.3) is 5.91 Å². The largest absolute Gasteiger partial charge is 0.397 e. The van der Waals surface area contributed by atoms with Gasteiger partial charge in [0.05, 0.1) is 11.4 Å². The molecule has 0 bridgehead atoms. The fourth-order valence-electron chi connectivity index (χ4n) is 2.52. The lowest BCUT2D eigenvalue weighted by Crippen LogP contribution is -2.13. The van der Waals surface area contributed by atoms with Gasteiger partial charge in [0.1, 0.15) is 0 Å². The third-order valence-electron chi connectivity index (χ3n) is 4.05. The van der Waals surface area contributed by atoms with Crippen molar-refractivity contribution in [3.05, 3.63) is 65.5 Å². The van der Waals surface area contributed by atoms with Crippen molar-refractivity contribution in [2.75, 3.05) is 11.1 Å². The standard InChI is InChI=1S/C20H18N2OS2/c21-17-10-5-14(19-2-1-11-24-19)12-18(17)22-20(23)13-3-6-15(7-4-13)25-16-8-9-16/h1-7,10-12,16H,8-9,21H2,(H,22,23). The maximum absolute atomic E-state index is 12.5. The van der Waals surface area contributed by atoms with Crippen molar-refractivity contribution >= 4 is 40.4 Å². The molecule has 2 aromatic carbocycles. The first-order valence-electron chi connectivity index (χ1n) is 8.20. The number of rotatable bonds is 5. The predicted molar refractivity (Wildman–Crippen MR) is 107 cm³/mol. The van der Waals surface area contributed by atoms with Crippen molar-refractivity contribution in [3.63, 3.8) is 0 Å². The first-order valence-corrected chi connectivity index (χ1v) is 9.96. The van der Waals surface area contributed by atoms with Gasteiger partial charge in [0, 0.05) is 20.6 Å². The number of hydrogen-bond donors (Lipinski definition) is 2. The lowest BCUT2D eigenvalue weighted by molar-refractivity contribution is 0.102. The highest BCUT2D eigenvalue weighted by molar-refractivity contribution is 8.00. The fourth-order valence-corrected chi connectivity index (χ4v) is 4.29. The number of nitrogens with one attached hydrogen (secondary N) is 1. The minimum atomic E-state index is -0.141. The topological polar surface area (TPSA) is 55.1 Å². The van der Waals surface area contributed by atoms with E-state index in [2.05, 4.69) is 11.4 Å². The maximum Gasteiger partial charge on any atom is 0.255 e. The number of nitrogens with two attached hydrogens (primary N) is 1. The van der Waals surface area contributed by atoms with Crippen molar-refractivity contribution in [3.8, 4) is 10.4 Å². The molecule has 1 fully saturated rings. The van der Waals surface area contributed by atoms with Gasteiger partial charge in [0.2, 0.25) is 0 Å². The number of carbonyl (C=O) groups excluding carboxylic acids is 1. The highest BCUT2D eigenvalue weighted by Crippen LogP contribution is 2.39. The van der Waals surface area contributed by atoms with Gasteiger partial charge < -0.3 is 11.1 Å². The Morgan fingerprint density at radius 3 is 2.60 bits per heavy atom. The third-order valence-corrected chi connectivity index (χ3v) is 6.32. The van der Waals surface area contributed by atoms with E-state index in [1.54, 1.807) is 11.3 Å².